The SMILES string of the molecule is COc1cc(C)c(-c2nc3ccccc3c(=O)n2N=Cc2ccc(OCc3ccccc3F)cc2)cc1C(C)C. The second kappa shape index (κ2) is 11.5. The summed E-state index contributed by atoms with van der Waals surface area (Å²) in [5.74, 6) is 1.75. The third-order valence-corrected chi connectivity index (χ3v) is 6.75. The minimum absolute atomic E-state index is 0.126. The molecule has 5 rings (SSSR count). The number of rotatable bonds is 8. The number of benzene rings is 4. The molecule has 0 saturated carbocycles. The summed E-state index contributed by atoms with van der Waals surface area (Å²) in [5.41, 5.74) is 4.34. The lowest BCUT2D eigenvalue weighted by molar-refractivity contribution is 0.300. The molecular weight excluding hydrogens is 505 g/mol. The van der Waals surface area contributed by atoms with Crippen molar-refractivity contribution in [2.45, 2.75) is 33.3 Å². The fourth-order valence-electron chi connectivity index (χ4n) is 4.52. The molecule has 0 spiro atoms. The van der Waals surface area contributed by atoms with Crippen molar-refractivity contribution in [2.75, 3.05) is 7.11 Å². The number of para-hydroxylation sites is 1. The van der Waals surface area contributed by atoms with Gasteiger partial charge in [-0.1, -0.05) is 44.2 Å². The summed E-state index contributed by atoms with van der Waals surface area (Å²) < 4.78 is 26.6. The van der Waals surface area contributed by atoms with Crippen LogP contribution in [0, 0.1) is 12.7 Å². The Morgan fingerprint density at radius 1 is 1.00 bits per heavy atom. The fraction of sp³-hybridized carbons (Fsp3) is 0.182. The highest BCUT2D eigenvalue weighted by Crippen LogP contribution is 2.34. The van der Waals surface area contributed by atoms with Gasteiger partial charge in [0.2, 0.25) is 0 Å². The summed E-state index contributed by atoms with van der Waals surface area (Å²) in [6.07, 6.45) is 1.62. The first-order chi connectivity index (χ1) is 19.4. The first kappa shape index (κ1) is 26.8. The quantitative estimate of drug-likeness (QED) is 0.199. The Morgan fingerprint density at radius 2 is 1.73 bits per heavy atom. The first-order valence-electron chi connectivity index (χ1n) is 13.1. The van der Waals surface area contributed by atoms with Crippen LogP contribution in [0.1, 0.15) is 42.0 Å². The van der Waals surface area contributed by atoms with Crippen molar-refractivity contribution in [1.82, 2.24) is 9.66 Å². The summed E-state index contributed by atoms with van der Waals surface area (Å²) in [6, 6.07) is 25.0. The molecule has 1 heterocycles. The summed E-state index contributed by atoms with van der Waals surface area (Å²) in [7, 11) is 1.66. The molecule has 1 aromatic heterocycles. The highest BCUT2D eigenvalue weighted by atomic mass is 19.1. The van der Waals surface area contributed by atoms with Crippen molar-refractivity contribution in [3.63, 3.8) is 0 Å². The third kappa shape index (κ3) is 5.50. The number of aryl methyl sites for hydroxylation is 1. The van der Waals surface area contributed by atoms with Crippen molar-refractivity contribution in [2.24, 2.45) is 5.10 Å². The molecule has 0 amide bonds. The van der Waals surface area contributed by atoms with E-state index in [0.717, 1.165) is 28.0 Å². The number of nitrogens with zero attached hydrogens (tertiary/aromatic N) is 3. The highest BCUT2D eigenvalue weighted by Gasteiger charge is 2.18. The second-order valence-corrected chi connectivity index (χ2v) is 9.83. The van der Waals surface area contributed by atoms with E-state index in [4.69, 9.17) is 14.5 Å². The zero-order valence-electron chi connectivity index (χ0n) is 22.9. The molecule has 0 saturated heterocycles. The smallest absolute Gasteiger partial charge is 0.282 e. The molecule has 4 aromatic carbocycles. The van der Waals surface area contributed by atoms with E-state index in [9.17, 15) is 9.18 Å². The van der Waals surface area contributed by atoms with Gasteiger partial charge in [-0.15, -0.1) is 0 Å². The molecule has 202 valence electrons. The van der Waals surface area contributed by atoms with Crippen LogP contribution < -0.4 is 15.0 Å². The van der Waals surface area contributed by atoms with Crippen molar-refractivity contribution in [1.29, 1.82) is 0 Å². The minimum atomic E-state index is -0.302. The van der Waals surface area contributed by atoms with Crippen LogP contribution in [0.3, 0.4) is 0 Å². The van der Waals surface area contributed by atoms with E-state index in [2.05, 4.69) is 18.9 Å². The van der Waals surface area contributed by atoms with Crippen molar-refractivity contribution >= 4 is 17.1 Å². The number of fused-ring (bicyclic) bond motifs is 1. The zero-order valence-corrected chi connectivity index (χ0v) is 22.9. The topological polar surface area (TPSA) is 65.7 Å². The molecule has 0 aliphatic rings. The predicted octanol–water partition coefficient (Wildman–Crippen LogP) is 7.10. The average Bonchev–Trinajstić information content (AvgIpc) is 2.96. The Hall–Kier alpha value is -4.78. The zero-order chi connectivity index (χ0) is 28.2. The third-order valence-electron chi connectivity index (χ3n) is 6.75. The molecule has 0 radical (unpaired) electrons. The van der Waals surface area contributed by atoms with E-state index >= 15 is 0 Å². The number of aromatic nitrogens is 2. The van der Waals surface area contributed by atoms with Gasteiger partial charge in [-0.25, -0.2) is 9.37 Å². The number of halogens is 1. The van der Waals surface area contributed by atoms with Gasteiger partial charge in [0.1, 0.15) is 23.9 Å². The maximum absolute atomic E-state index is 13.9. The average molecular weight is 536 g/mol. The lowest BCUT2D eigenvalue weighted by Crippen LogP contribution is -2.20. The van der Waals surface area contributed by atoms with Crippen LogP contribution in [-0.2, 0) is 6.61 Å². The van der Waals surface area contributed by atoms with Gasteiger partial charge in [0.25, 0.3) is 5.56 Å². The summed E-state index contributed by atoms with van der Waals surface area (Å²) in [6.45, 7) is 6.29. The maximum Gasteiger partial charge on any atom is 0.282 e. The van der Waals surface area contributed by atoms with Gasteiger partial charge in [-0.2, -0.15) is 9.78 Å². The van der Waals surface area contributed by atoms with Gasteiger partial charge in [-0.05, 0) is 84.1 Å². The Labute approximate surface area is 232 Å². The second-order valence-electron chi connectivity index (χ2n) is 9.83. The first-order valence-corrected chi connectivity index (χ1v) is 13.1. The van der Waals surface area contributed by atoms with Crippen molar-refractivity contribution in [3.05, 3.63) is 123 Å². The summed E-state index contributed by atoms with van der Waals surface area (Å²) in [5, 5.41) is 5.07. The van der Waals surface area contributed by atoms with Gasteiger partial charge in [0, 0.05) is 11.1 Å². The van der Waals surface area contributed by atoms with Crippen LogP contribution in [-0.4, -0.2) is 23.0 Å². The maximum atomic E-state index is 13.9. The van der Waals surface area contributed by atoms with E-state index < -0.39 is 0 Å². The molecule has 0 aliphatic carbocycles. The van der Waals surface area contributed by atoms with Crippen LogP contribution in [0.25, 0.3) is 22.3 Å². The molecule has 0 unspecified atom stereocenters. The van der Waals surface area contributed by atoms with Crippen LogP contribution in [0.2, 0.25) is 0 Å². The Morgan fingerprint density at radius 3 is 2.45 bits per heavy atom. The standard InChI is InChI=1S/C33H30FN3O3/c1-21(2)27-18-28(22(3)17-31(27)39-4)32-36-30-12-8-6-10-26(30)33(38)37(32)35-19-23-13-15-25(16-14-23)40-20-24-9-5-7-11-29(24)34/h5-19,21H,20H2,1-4H3. The van der Waals surface area contributed by atoms with Crippen LogP contribution >= 0.6 is 0 Å². The number of hydrogen-bond acceptors (Lipinski definition) is 5. The normalized spacial score (nSPS) is 11.4. The monoisotopic (exact) mass is 535 g/mol. The molecule has 0 atom stereocenters. The summed E-state index contributed by atoms with van der Waals surface area (Å²) in [4.78, 5) is 18.5. The van der Waals surface area contributed by atoms with Crippen molar-refractivity contribution < 1.29 is 13.9 Å². The van der Waals surface area contributed by atoms with E-state index in [0.29, 0.717) is 28.0 Å². The molecule has 5 aromatic rings. The number of hydrogen-bond donors (Lipinski definition) is 0. The van der Waals surface area contributed by atoms with Gasteiger partial charge in [-0.3, -0.25) is 4.79 Å². The van der Waals surface area contributed by atoms with Gasteiger partial charge >= 0.3 is 0 Å². The lowest BCUT2D eigenvalue weighted by atomic mass is 9.96. The Bertz CT molecular complexity index is 1760. The van der Waals surface area contributed by atoms with Gasteiger partial charge in [0.15, 0.2) is 5.82 Å². The molecule has 0 N–H and O–H groups in total. The molecule has 0 bridgehead atoms. The molecule has 6 nitrogen and oxygen atoms in total. The Balaban J connectivity index is 1.52. The van der Waals surface area contributed by atoms with E-state index in [1.54, 1.807) is 49.7 Å². The molecule has 0 fully saturated rings. The number of ether oxygens (including phenoxy) is 2. The largest absolute Gasteiger partial charge is 0.496 e. The Kier molecular flexibility index (Phi) is 7.73. The van der Waals surface area contributed by atoms with E-state index in [1.165, 1.54) is 10.7 Å². The molecule has 40 heavy (non-hydrogen) atoms. The molecule has 0 aliphatic heterocycles. The fourth-order valence-corrected chi connectivity index (χ4v) is 4.52. The van der Waals surface area contributed by atoms with Gasteiger partial charge < -0.3 is 9.47 Å². The van der Waals surface area contributed by atoms with Crippen LogP contribution in [0.15, 0.2) is 94.8 Å². The highest BCUT2D eigenvalue weighted by molar-refractivity contribution is 5.82. The van der Waals surface area contributed by atoms with Gasteiger partial charge in [0.05, 0.1) is 24.2 Å². The van der Waals surface area contributed by atoms with Crippen LogP contribution in [0.4, 0.5) is 4.39 Å². The number of methoxy groups -OCH3 is 1. The summed E-state index contributed by atoms with van der Waals surface area (Å²) >= 11 is 0. The van der Waals surface area contributed by atoms with E-state index in [-0.39, 0.29) is 23.9 Å². The molecular formula is C33H30FN3O3. The van der Waals surface area contributed by atoms with Crippen molar-refractivity contribution in [3.8, 4) is 22.9 Å². The predicted molar refractivity (Wildman–Crippen MR) is 157 cm³/mol. The molecule has 7 heteroatoms. The van der Waals surface area contributed by atoms with E-state index in [1.807, 2.05) is 49.4 Å². The lowest BCUT2D eigenvalue weighted by Gasteiger charge is -2.17. The minimum Gasteiger partial charge on any atom is -0.496 e. The van der Waals surface area contributed by atoms with Crippen LogP contribution in [0.5, 0.6) is 11.5 Å².